The Labute approximate surface area is 274 Å². The van der Waals surface area contributed by atoms with Crippen molar-refractivity contribution in [2.45, 2.75) is 67.6 Å². The van der Waals surface area contributed by atoms with Crippen LogP contribution in [0.15, 0.2) is 86.0 Å². The number of amides is 3. The Bertz CT molecular complexity index is 1370. The summed E-state index contributed by atoms with van der Waals surface area (Å²) < 4.78 is 6.79. The average Bonchev–Trinajstić information content (AvgIpc) is 3.65. The maximum absolute atomic E-state index is 14.8. The summed E-state index contributed by atoms with van der Waals surface area (Å²) in [6, 6.07) is 17.3. The number of alkyl halides is 1. The second-order valence-corrected chi connectivity index (χ2v) is 13.5. The number of benzene rings is 2. The summed E-state index contributed by atoms with van der Waals surface area (Å²) in [6.07, 6.45) is 6.33. The predicted octanol–water partition coefficient (Wildman–Crippen LogP) is 4.76. The molecule has 2 aromatic carbocycles. The van der Waals surface area contributed by atoms with Gasteiger partial charge in [-0.1, -0.05) is 96.4 Å². The van der Waals surface area contributed by atoms with Crippen LogP contribution in [0.4, 0.5) is 5.69 Å². The number of halogens is 1. The van der Waals surface area contributed by atoms with Gasteiger partial charge in [-0.2, -0.15) is 0 Å². The predicted molar refractivity (Wildman–Crippen MR) is 179 cm³/mol. The second-order valence-electron chi connectivity index (χ2n) is 12.3. The van der Waals surface area contributed by atoms with Gasteiger partial charge in [-0.15, -0.1) is 13.2 Å². The van der Waals surface area contributed by atoms with E-state index in [1.807, 2.05) is 60.7 Å². The van der Waals surface area contributed by atoms with Crippen LogP contribution < -0.4 is 4.90 Å². The highest BCUT2D eigenvalue weighted by Gasteiger charge is 2.77. The summed E-state index contributed by atoms with van der Waals surface area (Å²) in [6.45, 7) is 10.6. The molecule has 9 heteroatoms. The van der Waals surface area contributed by atoms with Crippen LogP contribution in [0.1, 0.15) is 38.2 Å². The van der Waals surface area contributed by atoms with Crippen LogP contribution in [-0.4, -0.2) is 87.5 Å². The molecule has 0 aromatic heterocycles. The molecule has 3 aliphatic heterocycles. The summed E-state index contributed by atoms with van der Waals surface area (Å²) in [5, 5.41) is 10.8. The fraction of sp³-hybridized carbons (Fsp3) is 0.472. The highest BCUT2D eigenvalue weighted by atomic mass is 79.9. The molecule has 1 N–H and O–H groups in total. The minimum atomic E-state index is -1.22. The number of hydrogen-bond donors (Lipinski definition) is 1. The topological polar surface area (TPSA) is 90.4 Å². The Balaban J connectivity index is 1.59. The van der Waals surface area contributed by atoms with Crippen LogP contribution in [0.3, 0.4) is 0 Å². The second kappa shape index (κ2) is 14.4. The van der Waals surface area contributed by atoms with Gasteiger partial charge in [-0.05, 0) is 37.0 Å². The normalized spacial score (nSPS) is 27.2. The van der Waals surface area contributed by atoms with Crippen molar-refractivity contribution in [2.24, 2.45) is 11.8 Å². The monoisotopic (exact) mass is 677 g/mol. The van der Waals surface area contributed by atoms with E-state index in [0.29, 0.717) is 31.6 Å². The Kier molecular flexibility index (Phi) is 10.6. The lowest BCUT2D eigenvalue weighted by Gasteiger charge is -2.39. The van der Waals surface area contributed by atoms with Crippen molar-refractivity contribution in [3.8, 4) is 0 Å². The lowest BCUT2D eigenvalue weighted by atomic mass is 9.70. The summed E-state index contributed by atoms with van der Waals surface area (Å²) in [4.78, 5) is 48.8. The van der Waals surface area contributed by atoms with E-state index in [9.17, 15) is 19.5 Å². The van der Waals surface area contributed by atoms with Crippen LogP contribution in [0.2, 0.25) is 0 Å². The standard InChI is InChI=1S/C36H44BrN3O5/c1-4-7-14-21-38(19-5-2)35(44)32-36-23-28(37)31(45-36)29(33(42)39(20-6-3)26-17-12-9-13-18-26)30(36)34(43)40(32)27(24-41)22-25-15-10-8-11-16-25/h5-6,8-13,15-18,27-32,41H,2-4,7,14,19-24H2,1H3/t27-,28?,29+,30+,31+,32?,36?/m1/s1. The van der Waals surface area contributed by atoms with E-state index in [2.05, 4.69) is 36.0 Å². The summed E-state index contributed by atoms with van der Waals surface area (Å²) in [5.41, 5.74) is 0.414. The lowest BCUT2D eigenvalue weighted by molar-refractivity contribution is -0.151. The van der Waals surface area contributed by atoms with Crippen LogP contribution >= 0.6 is 15.9 Å². The van der Waals surface area contributed by atoms with Crippen molar-refractivity contribution in [1.29, 1.82) is 0 Å². The number of hydrogen-bond acceptors (Lipinski definition) is 5. The maximum Gasteiger partial charge on any atom is 0.248 e. The van der Waals surface area contributed by atoms with Crippen molar-refractivity contribution >= 4 is 39.3 Å². The molecule has 3 fully saturated rings. The molecule has 240 valence electrons. The number of rotatable bonds is 15. The molecule has 8 nitrogen and oxygen atoms in total. The molecule has 2 aromatic rings. The van der Waals surface area contributed by atoms with Gasteiger partial charge in [0, 0.05) is 30.1 Å². The van der Waals surface area contributed by atoms with E-state index in [1.165, 1.54) is 0 Å². The molecular formula is C36H44BrN3O5. The molecule has 45 heavy (non-hydrogen) atoms. The molecule has 5 rings (SSSR count). The first-order chi connectivity index (χ1) is 21.8. The van der Waals surface area contributed by atoms with Crippen molar-refractivity contribution in [3.05, 3.63) is 91.5 Å². The van der Waals surface area contributed by atoms with Gasteiger partial charge in [0.05, 0.1) is 30.6 Å². The van der Waals surface area contributed by atoms with Crippen molar-refractivity contribution in [1.82, 2.24) is 9.80 Å². The molecule has 0 saturated carbocycles. The van der Waals surface area contributed by atoms with E-state index < -0.39 is 35.6 Å². The number of aliphatic hydroxyl groups is 1. The average molecular weight is 679 g/mol. The minimum absolute atomic E-state index is 0.229. The molecule has 1 spiro atoms. The van der Waals surface area contributed by atoms with Crippen LogP contribution in [-0.2, 0) is 25.5 Å². The number of ether oxygens (including phenoxy) is 1. The van der Waals surface area contributed by atoms with Crippen molar-refractivity contribution in [2.75, 3.05) is 31.1 Å². The van der Waals surface area contributed by atoms with Gasteiger partial charge in [0.1, 0.15) is 11.6 Å². The number of anilines is 1. The summed E-state index contributed by atoms with van der Waals surface area (Å²) >= 11 is 3.79. The summed E-state index contributed by atoms with van der Waals surface area (Å²) in [7, 11) is 0. The van der Waals surface area contributed by atoms with Gasteiger partial charge >= 0.3 is 0 Å². The quantitative estimate of drug-likeness (QED) is 0.167. The van der Waals surface area contributed by atoms with Gasteiger partial charge in [0.25, 0.3) is 0 Å². The first-order valence-corrected chi connectivity index (χ1v) is 16.9. The van der Waals surface area contributed by atoms with Gasteiger partial charge in [0.15, 0.2) is 0 Å². The highest BCUT2D eigenvalue weighted by Crippen LogP contribution is 2.61. The summed E-state index contributed by atoms with van der Waals surface area (Å²) in [5.74, 6) is -2.48. The molecule has 0 radical (unpaired) electrons. The molecule has 3 aliphatic rings. The van der Waals surface area contributed by atoms with E-state index in [-0.39, 0.29) is 35.7 Å². The third-order valence-electron chi connectivity index (χ3n) is 9.50. The fourth-order valence-electron chi connectivity index (χ4n) is 7.57. The number of para-hydroxylation sites is 1. The SMILES string of the molecule is C=CCN(CCCCC)C(=O)C1N([C@@H](CO)Cc2ccccc2)C(=O)[C@@H]2[C@H](C(=O)N(CC=C)c3ccccc3)[C@H]3OC12CC3Br. The number of fused-ring (bicyclic) bond motifs is 1. The van der Waals surface area contributed by atoms with E-state index in [0.717, 1.165) is 24.8 Å². The number of unbranched alkanes of at least 4 members (excludes halogenated alkanes) is 2. The van der Waals surface area contributed by atoms with Gasteiger partial charge in [-0.25, -0.2) is 0 Å². The van der Waals surface area contributed by atoms with Crippen molar-refractivity contribution < 1.29 is 24.2 Å². The van der Waals surface area contributed by atoms with E-state index in [1.54, 1.807) is 26.9 Å². The number of nitrogens with zero attached hydrogens (tertiary/aromatic N) is 3. The molecule has 0 aliphatic carbocycles. The van der Waals surface area contributed by atoms with Gasteiger partial charge in [-0.3, -0.25) is 14.4 Å². The first kappa shape index (κ1) is 33.1. The first-order valence-electron chi connectivity index (χ1n) is 16.0. The zero-order chi connectivity index (χ0) is 32.1. The smallest absolute Gasteiger partial charge is 0.248 e. The van der Waals surface area contributed by atoms with E-state index in [4.69, 9.17) is 4.74 Å². The molecule has 3 saturated heterocycles. The molecule has 3 heterocycles. The molecule has 3 amide bonds. The zero-order valence-electron chi connectivity index (χ0n) is 26.0. The number of likely N-dealkylation sites (tertiary alicyclic amines) is 1. The molecule has 7 atom stereocenters. The Morgan fingerprint density at radius 1 is 1.07 bits per heavy atom. The third-order valence-corrected chi connectivity index (χ3v) is 10.3. The van der Waals surface area contributed by atoms with Crippen LogP contribution in [0, 0.1) is 11.8 Å². The number of carbonyl (C=O) groups is 3. The third kappa shape index (κ3) is 6.14. The minimum Gasteiger partial charge on any atom is -0.394 e. The fourth-order valence-corrected chi connectivity index (χ4v) is 8.51. The van der Waals surface area contributed by atoms with Gasteiger partial charge < -0.3 is 24.5 Å². The Hall–Kier alpha value is -3.27. The van der Waals surface area contributed by atoms with Crippen LogP contribution in [0.25, 0.3) is 0 Å². The lowest BCUT2D eigenvalue weighted by Crippen LogP contribution is -2.59. The highest BCUT2D eigenvalue weighted by molar-refractivity contribution is 9.09. The van der Waals surface area contributed by atoms with Crippen molar-refractivity contribution in [3.63, 3.8) is 0 Å². The zero-order valence-corrected chi connectivity index (χ0v) is 27.6. The van der Waals surface area contributed by atoms with E-state index >= 15 is 0 Å². The molecule has 2 bridgehead atoms. The Morgan fingerprint density at radius 2 is 1.73 bits per heavy atom. The Morgan fingerprint density at radius 3 is 2.36 bits per heavy atom. The molecule has 3 unspecified atom stereocenters. The number of aliphatic hydroxyl groups excluding tert-OH is 1. The maximum atomic E-state index is 14.8. The van der Waals surface area contributed by atoms with Gasteiger partial charge in [0.2, 0.25) is 17.7 Å². The molecular weight excluding hydrogens is 634 g/mol. The number of carbonyl (C=O) groups excluding carboxylic acids is 3. The van der Waals surface area contributed by atoms with Crippen LogP contribution in [0.5, 0.6) is 0 Å². The largest absolute Gasteiger partial charge is 0.394 e.